The van der Waals surface area contributed by atoms with Gasteiger partial charge in [-0.1, -0.05) is 0 Å². The normalized spacial score (nSPS) is 19.3. The molecule has 0 aliphatic rings. The zero-order valence-corrected chi connectivity index (χ0v) is 6.90. The summed E-state index contributed by atoms with van der Waals surface area (Å²) in [6.45, 7) is 0.737. The Hall–Kier alpha value is 0.0300. The summed E-state index contributed by atoms with van der Waals surface area (Å²) in [4.78, 5) is 8.66. The van der Waals surface area contributed by atoms with Gasteiger partial charge in [0.2, 0.25) is 0 Å². The fraction of sp³-hybridized carbons (Fsp3) is 1.00. The van der Waals surface area contributed by atoms with E-state index in [-0.39, 0.29) is 6.61 Å². The van der Waals surface area contributed by atoms with Crippen molar-refractivity contribution in [1.29, 1.82) is 0 Å². The van der Waals surface area contributed by atoms with E-state index in [0.29, 0.717) is 0 Å². The quantitative estimate of drug-likeness (QED) is 0.393. The molecule has 0 aromatic carbocycles. The predicted molar refractivity (Wildman–Crippen MR) is 35.6 cm³/mol. The van der Waals surface area contributed by atoms with Gasteiger partial charge in [-0.05, 0) is 6.92 Å². The van der Waals surface area contributed by atoms with Crippen molar-refractivity contribution in [3.05, 3.63) is 0 Å². The van der Waals surface area contributed by atoms with Crippen LogP contribution < -0.4 is 0 Å². The Labute approximate surface area is 64.0 Å². The first-order valence-electron chi connectivity index (χ1n) is 2.96. The van der Waals surface area contributed by atoms with Crippen LogP contribution in [0.1, 0.15) is 6.92 Å². The summed E-state index contributed by atoms with van der Waals surface area (Å²) in [7, 11) is -4.18. The van der Waals surface area contributed by atoms with E-state index < -0.39 is 20.7 Å². The van der Waals surface area contributed by atoms with E-state index in [4.69, 9.17) is 15.1 Å². The Morgan fingerprint density at radius 3 is 2.55 bits per heavy atom. The van der Waals surface area contributed by atoms with Gasteiger partial charge in [-0.2, -0.15) is 0 Å². The summed E-state index contributed by atoms with van der Waals surface area (Å²) in [6.07, 6.45) is -1.68. The van der Waals surface area contributed by atoms with Crippen molar-refractivity contribution in [2.24, 2.45) is 0 Å². The van der Waals surface area contributed by atoms with Gasteiger partial charge in [0.15, 0.2) is 6.29 Å². The van der Waals surface area contributed by atoms with E-state index in [1.54, 1.807) is 0 Å². The second-order valence-corrected chi connectivity index (χ2v) is 3.04. The minimum Gasteiger partial charge on any atom is -0.391 e. The van der Waals surface area contributed by atoms with Gasteiger partial charge < -0.3 is 15.1 Å². The molecule has 0 fully saturated rings. The van der Waals surface area contributed by atoms with E-state index in [0.717, 1.165) is 0 Å². The van der Waals surface area contributed by atoms with Crippen LogP contribution in [0.15, 0.2) is 0 Å². The van der Waals surface area contributed by atoms with Gasteiger partial charge in [-0.3, -0.25) is 9.05 Å². The molecule has 7 heteroatoms. The van der Waals surface area contributed by atoms with Crippen molar-refractivity contribution in [3.8, 4) is 0 Å². The number of aliphatic hydroxyl groups excluding tert-OH is 2. The summed E-state index contributed by atoms with van der Waals surface area (Å²) >= 11 is 0. The molecule has 0 radical (unpaired) electrons. The molecule has 0 aromatic heterocycles. The summed E-state index contributed by atoms with van der Waals surface area (Å²) < 4.78 is 18.9. The molecule has 11 heavy (non-hydrogen) atoms. The lowest BCUT2D eigenvalue weighted by Crippen LogP contribution is -2.15. The van der Waals surface area contributed by atoms with E-state index in [1.165, 1.54) is 6.92 Å². The zero-order chi connectivity index (χ0) is 8.91. The van der Waals surface area contributed by atoms with Crippen molar-refractivity contribution < 1.29 is 28.7 Å². The van der Waals surface area contributed by atoms with Crippen LogP contribution in [0.25, 0.3) is 0 Å². The molecule has 0 spiro atoms. The van der Waals surface area contributed by atoms with Crippen LogP contribution in [0.3, 0.4) is 0 Å². The highest BCUT2D eigenvalue weighted by Crippen LogP contribution is 2.43. The number of hydrogen-bond acceptors (Lipinski definition) is 5. The first-order chi connectivity index (χ1) is 5.02. The monoisotopic (exact) mass is 186 g/mol. The maximum Gasteiger partial charge on any atom is 0.474 e. The Kier molecular flexibility index (Phi) is 4.83. The Morgan fingerprint density at radius 2 is 2.18 bits per heavy atom. The third kappa shape index (κ3) is 5.32. The van der Waals surface area contributed by atoms with Crippen LogP contribution in [-0.2, 0) is 13.6 Å². The van der Waals surface area contributed by atoms with Crippen LogP contribution >= 0.6 is 7.82 Å². The molecule has 0 saturated heterocycles. The molecule has 0 aromatic rings. The predicted octanol–water partition coefficient (Wildman–Crippen LogP) is -0.549. The lowest BCUT2D eigenvalue weighted by Gasteiger charge is -2.13. The Morgan fingerprint density at radius 1 is 1.64 bits per heavy atom. The second-order valence-electron chi connectivity index (χ2n) is 1.63. The molecule has 0 bridgehead atoms. The van der Waals surface area contributed by atoms with Gasteiger partial charge in [-0.15, -0.1) is 0 Å². The Balaban J connectivity index is 3.81. The van der Waals surface area contributed by atoms with Gasteiger partial charge in [0.25, 0.3) is 0 Å². The zero-order valence-electron chi connectivity index (χ0n) is 6.01. The molecule has 0 aliphatic heterocycles. The van der Waals surface area contributed by atoms with Crippen LogP contribution in [-0.4, -0.2) is 34.6 Å². The maximum absolute atomic E-state index is 10.6. The van der Waals surface area contributed by atoms with E-state index in [9.17, 15) is 4.57 Å². The molecule has 2 atom stereocenters. The number of rotatable bonds is 5. The van der Waals surface area contributed by atoms with Crippen molar-refractivity contribution in [1.82, 2.24) is 0 Å². The molecule has 0 heterocycles. The van der Waals surface area contributed by atoms with Crippen molar-refractivity contribution >= 4 is 7.82 Å². The highest BCUT2D eigenvalue weighted by Gasteiger charge is 2.23. The van der Waals surface area contributed by atoms with Crippen molar-refractivity contribution in [3.63, 3.8) is 0 Å². The lowest BCUT2D eigenvalue weighted by molar-refractivity contribution is -0.0730. The average Bonchev–Trinajstić information content (AvgIpc) is 1.86. The standard InChI is InChI=1S/C4H11O6P/c1-2-9-11(7,8)10-4(6)3-5/h4-6H,2-3H2,1H3,(H,7,8). The summed E-state index contributed by atoms with van der Waals surface area (Å²) in [5.74, 6) is 0. The fourth-order valence-electron chi connectivity index (χ4n) is 0.381. The minimum atomic E-state index is -4.18. The highest BCUT2D eigenvalue weighted by atomic mass is 31.2. The molecule has 68 valence electrons. The lowest BCUT2D eigenvalue weighted by atomic mass is 10.7. The van der Waals surface area contributed by atoms with E-state index in [1.807, 2.05) is 0 Å². The minimum absolute atomic E-state index is 0.00801. The van der Waals surface area contributed by atoms with Crippen LogP contribution in [0.4, 0.5) is 0 Å². The van der Waals surface area contributed by atoms with Gasteiger partial charge in [0, 0.05) is 0 Å². The van der Waals surface area contributed by atoms with Crippen LogP contribution in [0.2, 0.25) is 0 Å². The van der Waals surface area contributed by atoms with Gasteiger partial charge in [0.1, 0.15) is 0 Å². The number of phosphoric ester groups is 1. The van der Waals surface area contributed by atoms with Crippen LogP contribution in [0.5, 0.6) is 0 Å². The molecular formula is C4H11O6P. The molecular weight excluding hydrogens is 175 g/mol. The molecule has 0 saturated carbocycles. The molecule has 2 unspecified atom stereocenters. The smallest absolute Gasteiger partial charge is 0.391 e. The summed E-state index contributed by atoms with van der Waals surface area (Å²) in [5, 5.41) is 16.7. The Bertz CT molecular complexity index is 148. The molecule has 3 N–H and O–H groups in total. The van der Waals surface area contributed by atoms with Crippen molar-refractivity contribution in [2.75, 3.05) is 13.2 Å². The van der Waals surface area contributed by atoms with Gasteiger partial charge in [0.05, 0.1) is 13.2 Å². The number of hydrogen-bond donors (Lipinski definition) is 3. The third-order valence-corrected chi connectivity index (χ3v) is 1.80. The summed E-state index contributed by atoms with van der Waals surface area (Å²) in [6, 6.07) is 0. The topological polar surface area (TPSA) is 96.2 Å². The number of aliphatic hydroxyl groups is 2. The SMILES string of the molecule is CCOP(=O)(O)OC(O)CO. The van der Waals surface area contributed by atoms with E-state index >= 15 is 0 Å². The van der Waals surface area contributed by atoms with Gasteiger partial charge in [-0.25, -0.2) is 4.57 Å². The third-order valence-electron chi connectivity index (χ3n) is 0.703. The average molecular weight is 186 g/mol. The number of phosphoric acid groups is 1. The summed E-state index contributed by atoms with van der Waals surface area (Å²) in [5.41, 5.74) is 0. The van der Waals surface area contributed by atoms with Gasteiger partial charge >= 0.3 is 7.82 Å². The first-order valence-corrected chi connectivity index (χ1v) is 4.46. The largest absolute Gasteiger partial charge is 0.474 e. The molecule has 0 amide bonds. The first kappa shape index (κ1) is 11.0. The maximum atomic E-state index is 10.6. The fourth-order valence-corrected chi connectivity index (χ4v) is 1.14. The van der Waals surface area contributed by atoms with Crippen LogP contribution in [0, 0.1) is 0 Å². The molecule has 0 rings (SSSR count). The van der Waals surface area contributed by atoms with Crippen molar-refractivity contribution in [2.45, 2.75) is 13.2 Å². The second kappa shape index (κ2) is 4.82. The highest BCUT2D eigenvalue weighted by molar-refractivity contribution is 7.47. The molecule has 0 aliphatic carbocycles. The van der Waals surface area contributed by atoms with E-state index in [2.05, 4.69) is 9.05 Å². The molecule has 6 nitrogen and oxygen atoms in total.